The van der Waals surface area contributed by atoms with Gasteiger partial charge in [0.05, 0.1) is 26.1 Å². The third-order valence-corrected chi connectivity index (χ3v) is 3.76. The van der Waals surface area contributed by atoms with Gasteiger partial charge in [0, 0.05) is 18.3 Å². The van der Waals surface area contributed by atoms with Crippen molar-refractivity contribution in [3.05, 3.63) is 18.2 Å². The largest absolute Gasteiger partial charge is 0.480 e. The van der Waals surface area contributed by atoms with Crippen molar-refractivity contribution in [1.82, 2.24) is 25.9 Å². The van der Waals surface area contributed by atoms with Gasteiger partial charge < -0.3 is 47.1 Å². The molecule has 14 heteroatoms. The van der Waals surface area contributed by atoms with E-state index >= 15 is 0 Å². The van der Waals surface area contributed by atoms with E-state index in [-0.39, 0.29) is 6.42 Å². The van der Waals surface area contributed by atoms with Crippen LogP contribution < -0.4 is 21.7 Å². The molecule has 0 aromatic carbocycles. The SMILES string of the molecule is NC(CO)C(=O)NC(CO)C(=O)NC(CO)C(=O)NC(Cc1cnc[nH]1)C(=O)O. The summed E-state index contributed by atoms with van der Waals surface area (Å²) < 4.78 is 0. The maximum atomic E-state index is 12.3. The molecule has 0 aliphatic heterocycles. The van der Waals surface area contributed by atoms with E-state index in [1.54, 1.807) is 0 Å². The molecule has 0 saturated carbocycles. The highest BCUT2D eigenvalue weighted by molar-refractivity contribution is 5.94. The predicted octanol–water partition coefficient (Wildman–Crippen LogP) is -5.20. The van der Waals surface area contributed by atoms with Gasteiger partial charge in [0.2, 0.25) is 17.7 Å². The quantitative estimate of drug-likeness (QED) is 0.157. The van der Waals surface area contributed by atoms with Gasteiger partial charge in [-0.05, 0) is 0 Å². The van der Waals surface area contributed by atoms with E-state index in [9.17, 15) is 34.5 Å². The summed E-state index contributed by atoms with van der Waals surface area (Å²) in [6, 6.07) is -5.76. The first-order valence-electron chi connectivity index (χ1n) is 8.42. The number of H-pyrrole nitrogens is 1. The van der Waals surface area contributed by atoms with Crippen molar-refractivity contribution >= 4 is 23.7 Å². The maximum absolute atomic E-state index is 12.3. The van der Waals surface area contributed by atoms with Crippen LogP contribution in [0.5, 0.6) is 0 Å². The fourth-order valence-corrected chi connectivity index (χ4v) is 2.11. The van der Waals surface area contributed by atoms with Gasteiger partial charge in [-0.1, -0.05) is 0 Å². The van der Waals surface area contributed by atoms with Gasteiger partial charge >= 0.3 is 5.97 Å². The molecular formula is C15H24N6O8. The number of hydrogen-bond acceptors (Lipinski definition) is 9. The number of carboxylic acids is 1. The molecule has 3 amide bonds. The molecule has 1 rings (SSSR count). The van der Waals surface area contributed by atoms with Crippen LogP contribution in [0.4, 0.5) is 0 Å². The number of rotatable bonds is 12. The first kappa shape index (κ1) is 24.0. The van der Waals surface area contributed by atoms with Crippen molar-refractivity contribution in [2.75, 3.05) is 19.8 Å². The average molecular weight is 416 g/mol. The minimum atomic E-state index is -1.55. The summed E-state index contributed by atoms with van der Waals surface area (Å²) in [5.41, 5.74) is 5.73. The smallest absolute Gasteiger partial charge is 0.326 e. The van der Waals surface area contributed by atoms with Crippen LogP contribution in [0, 0.1) is 0 Å². The van der Waals surface area contributed by atoms with Crippen LogP contribution in [0.25, 0.3) is 0 Å². The number of carbonyl (C=O) groups is 4. The standard InChI is InChI=1S/C15H24N6O8/c16-8(3-22)12(25)20-10(4-23)14(27)21-11(5-24)13(26)19-9(15(28)29)1-7-2-17-6-18-7/h2,6,8-11,22-24H,1,3-5,16H2,(H,17,18)(H,19,26)(H,20,25)(H,21,27)(H,28,29). The Morgan fingerprint density at radius 1 is 0.931 bits per heavy atom. The van der Waals surface area contributed by atoms with Gasteiger partial charge in [-0.2, -0.15) is 0 Å². The number of hydrogen-bond donors (Lipinski definition) is 9. The number of aromatic nitrogens is 2. The second kappa shape index (κ2) is 11.7. The fraction of sp³-hybridized carbons (Fsp3) is 0.533. The van der Waals surface area contributed by atoms with Crippen LogP contribution in [0.1, 0.15) is 5.69 Å². The molecule has 0 aliphatic rings. The molecule has 0 spiro atoms. The van der Waals surface area contributed by atoms with Crippen LogP contribution in [0.15, 0.2) is 12.5 Å². The monoisotopic (exact) mass is 416 g/mol. The molecule has 0 saturated heterocycles. The average Bonchev–Trinajstić information content (AvgIpc) is 3.21. The lowest BCUT2D eigenvalue weighted by Gasteiger charge is -2.23. The summed E-state index contributed by atoms with van der Waals surface area (Å²) in [4.78, 5) is 53.8. The third kappa shape index (κ3) is 7.46. The Bertz CT molecular complexity index is 697. The molecule has 1 aromatic rings. The zero-order valence-electron chi connectivity index (χ0n) is 15.2. The number of nitrogens with one attached hydrogen (secondary N) is 4. The number of carbonyl (C=O) groups excluding carboxylic acids is 3. The van der Waals surface area contributed by atoms with E-state index in [0.717, 1.165) is 0 Å². The highest BCUT2D eigenvalue weighted by Crippen LogP contribution is 2.00. The Labute approximate surface area is 164 Å². The molecule has 14 nitrogen and oxygen atoms in total. The number of aliphatic hydroxyl groups excluding tert-OH is 3. The number of nitrogens with zero attached hydrogens (tertiary/aromatic N) is 1. The zero-order chi connectivity index (χ0) is 22.0. The van der Waals surface area contributed by atoms with E-state index in [1.165, 1.54) is 12.5 Å². The Morgan fingerprint density at radius 2 is 1.45 bits per heavy atom. The van der Waals surface area contributed by atoms with Crippen molar-refractivity contribution < 1.29 is 39.6 Å². The number of aliphatic carboxylic acids is 1. The molecular weight excluding hydrogens is 392 g/mol. The Morgan fingerprint density at radius 3 is 1.86 bits per heavy atom. The number of nitrogens with two attached hydrogens (primary N) is 1. The zero-order valence-corrected chi connectivity index (χ0v) is 15.2. The minimum Gasteiger partial charge on any atom is -0.480 e. The second-order valence-electron chi connectivity index (χ2n) is 5.96. The molecule has 0 fully saturated rings. The predicted molar refractivity (Wildman–Crippen MR) is 95.0 cm³/mol. The van der Waals surface area contributed by atoms with E-state index in [2.05, 4.69) is 25.9 Å². The topological polar surface area (TPSA) is 240 Å². The number of imidazole rings is 1. The Balaban J connectivity index is 2.73. The van der Waals surface area contributed by atoms with Gasteiger partial charge in [0.25, 0.3) is 0 Å². The number of aliphatic hydroxyl groups is 3. The van der Waals surface area contributed by atoms with Crippen LogP contribution in [-0.2, 0) is 25.6 Å². The van der Waals surface area contributed by atoms with Gasteiger partial charge in [0.15, 0.2) is 0 Å². The van der Waals surface area contributed by atoms with Crippen LogP contribution in [-0.4, -0.2) is 98.1 Å². The molecule has 0 aliphatic carbocycles. The minimum absolute atomic E-state index is 0.123. The highest BCUT2D eigenvalue weighted by Gasteiger charge is 2.29. The summed E-state index contributed by atoms with van der Waals surface area (Å²) in [6.45, 7) is -2.43. The van der Waals surface area contributed by atoms with E-state index in [4.69, 9.17) is 10.8 Å². The summed E-state index contributed by atoms with van der Waals surface area (Å²) in [5.74, 6) is -4.30. The molecule has 0 bridgehead atoms. The first-order chi connectivity index (χ1) is 13.7. The summed E-state index contributed by atoms with van der Waals surface area (Å²) in [7, 11) is 0. The normalized spacial score (nSPS) is 14.9. The second-order valence-corrected chi connectivity index (χ2v) is 5.96. The van der Waals surface area contributed by atoms with Gasteiger partial charge in [0.1, 0.15) is 24.2 Å². The van der Waals surface area contributed by atoms with Crippen molar-refractivity contribution in [3.63, 3.8) is 0 Å². The van der Waals surface area contributed by atoms with Crippen LogP contribution in [0.3, 0.4) is 0 Å². The molecule has 4 unspecified atom stereocenters. The number of aromatic amines is 1. The van der Waals surface area contributed by atoms with Gasteiger partial charge in [-0.3, -0.25) is 14.4 Å². The molecule has 29 heavy (non-hydrogen) atoms. The molecule has 1 heterocycles. The lowest BCUT2D eigenvalue weighted by atomic mass is 10.1. The van der Waals surface area contributed by atoms with Crippen LogP contribution >= 0.6 is 0 Å². The van der Waals surface area contributed by atoms with E-state index in [1.807, 2.05) is 0 Å². The van der Waals surface area contributed by atoms with E-state index < -0.39 is 67.7 Å². The highest BCUT2D eigenvalue weighted by atomic mass is 16.4. The number of amides is 3. The molecule has 162 valence electrons. The molecule has 1 aromatic heterocycles. The third-order valence-electron chi connectivity index (χ3n) is 3.76. The first-order valence-corrected chi connectivity index (χ1v) is 8.42. The lowest BCUT2D eigenvalue weighted by molar-refractivity contribution is -0.142. The van der Waals surface area contributed by atoms with Crippen molar-refractivity contribution in [3.8, 4) is 0 Å². The Kier molecular flexibility index (Phi) is 9.67. The van der Waals surface area contributed by atoms with Crippen molar-refractivity contribution in [2.45, 2.75) is 30.6 Å². The summed E-state index contributed by atoms with van der Waals surface area (Å²) in [5, 5.41) is 43.0. The van der Waals surface area contributed by atoms with Gasteiger partial charge in [-0.15, -0.1) is 0 Å². The van der Waals surface area contributed by atoms with E-state index in [0.29, 0.717) is 5.69 Å². The molecule has 10 N–H and O–H groups in total. The van der Waals surface area contributed by atoms with Crippen LogP contribution in [0.2, 0.25) is 0 Å². The lowest BCUT2D eigenvalue weighted by Crippen LogP contribution is -2.59. The molecule has 0 radical (unpaired) electrons. The van der Waals surface area contributed by atoms with Crippen molar-refractivity contribution in [2.24, 2.45) is 5.73 Å². The molecule has 4 atom stereocenters. The van der Waals surface area contributed by atoms with Crippen molar-refractivity contribution in [1.29, 1.82) is 0 Å². The maximum Gasteiger partial charge on any atom is 0.326 e. The fourth-order valence-electron chi connectivity index (χ4n) is 2.11. The summed E-state index contributed by atoms with van der Waals surface area (Å²) >= 11 is 0. The van der Waals surface area contributed by atoms with Gasteiger partial charge in [-0.25, -0.2) is 9.78 Å². The number of carboxylic acid groups (broad SMARTS) is 1. The Hall–Kier alpha value is -3.07. The summed E-state index contributed by atoms with van der Waals surface area (Å²) in [6.07, 6.45) is 2.58.